The van der Waals surface area contributed by atoms with Gasteiger partial charge in [-0.15, -0.1) is 0 Å². The fraction of sp³-hybridized carbons (Fsp3) is 0.310. The summed E-state index contributed by atoms with van der Waals surface area (Å²) in [6, 6.07) is 36.6. The number of nitrogen functional groups attached to an aromatic ring is 2. The molecule has 6 aromatic carbocycles. The fourth-order valence-corrected chi connectivity index (χ4v) is 9.58. The molecule has 0 unspecified atom stereocenters. The molecule has 8 N–H and O–H groups in total. The number of H-pyrrole nitrogens is 3. The number of carboxylic acids is 1. The number of para-hydroxylation sites is 4. The number of rotatable bonds is 14. The first kappa shape index (κ1) is 57.8. The minimum atomic E-state index is -4.53. The molecular weight excluding hydrogens is 1070 g/mol. The van der Waals surface area contributed by atoms with E-state index in [-0.39, 0.29) is 11.0 Å². The van der Waals surface area contributed by atoms with Gasteiger partial charge in [-0.05, 0) is 97.1 Å². The Morgan fingerprint density at radius 3 is 1.44 bits per heavy atom. The maximum atomic E-state index is 13.1. The molecule has 0 aliphatic carbocycles. The molecule has 82 heavy (non-hydrogen) atoms. The third-order valence-corrected chi connectivity index (χ3v) is 14.1. The van der Waals surface area contributed by atoms with Crippen molar-refractivity contribution in [1.82, 2.24) is 39.7 Å². The number of anilines is 6. The molecule has 0 bridgehead atoms. The topological polar surface area (TPSA) is 213 Å². The molecule has 0 spiro atoms. The van der Waals surface area contributed by atoms with Gasteiger partial charge in [0.15, 0.2) is 0 Å². The molecule has 18 nitrogen and oxygen atoms in total. The molecule has 2 aliphatic rings. The van der Waals surface area contributed by atoms with Gasteiger partial charge in [0.05, 0.1) is 44.9 Å². The lowest BCUT2D eigenvalue weighted by Crippen LogP contribution is -2.47. The molecule has 432 valence electrons. The Hall–Kier alpha value is -8.90. The Morgan fingerprint density at radius 2 is 0.976 bits per heavy atom. The molecule has 2 aliphatic heterocycles. The highest BCUT2D eigenvalue weighted by molar-refractivity contribution is 5.91. The van der Waals surface area contributed by atoms with Crippen LogP contribution in [0.2, 0.25) is 0 Å². The van der Waals surface area contributed by atoms with Crippen molar-refractivity contribution in [1.29, 1.82) is 0 Å². The minimum Gasteiger partial charge on any atom is -0.490 e. The van der Waals surface area contributed by atoms with Gasteiger partial charge in [-0.2, -0.15) is 26.3 Å². The number of carboxylic acid groups (broad SMARTS) is 1. The van der Waals surface area contributed by atoms with Crippen LogP contribution in [0.3, 0.4) is 0 Å². The lowest BCUT2D eigenvalue weighted by atomic mass is 10.2. The van der Waals surface area contributed by atoms with Gasteiger partial charge in [0.25, 0.3) is 0 Å². The van der Waals surface area contributed by atoms with Crippen LogP contribution in [0.15, 0.2) is 121 Å². The number of nitrogens with one attached hydrogen (secondary N) is 3. The van der Waals surface area contributed by atoms with Crippen molar-refractivity contribution < 1.29 is 45.7 Å². The predicted molar refractivity (Wildman–Crippen MR) is 309 cm³/mol. The number of ether oxygens (including phenoxy) is 2. The van der Waals surface area contributed by atoms with Gasteiger partial charge < -0.3 is 60.6 Å². The van der Waals surface area contributed by atoms with Crippen LogP contribution in [0.1, 0.15) is 22.0 Å². The number of benzene rings is 6. The van der Waals surface area contributed by atoms with E-state index < -0.39 is 30.0 Å². The van der Waals surface area contributed by atoms with Crippen LogP contribution in [0.25, 0.3) is 44.5 Å². The number of aromatic nitrogens is 6. The van der Waals surface area contributed by atoms with E-state index in [4.69, 9.17) is 31.0 Å². The fourth-order valence-electron chi connectivity index (χ4n) is 9.58. The van der Waals surface area contributed by atoms with E-state index in [1.54, 1.807) is 66.7 Å². The number of alkyl halides is 6. The molecule has 5 heterocycles. The summed E-state index contributed by atoms with van der Waals surface area (Å²) in [6.07, 6.45) is -9.06. The molecule has 24 heteroatoms. The zero-order valence-corrected chi connectivity index (χ0v) is 45.7. The van der Waals surface area contributed by atoms with E-state index in [0.29, 0.717) is 65.8 Å². The van der Waals surface area contributed by atoms with Crippen LogP contribution in [0.5, 0.6) is 11.5 Å². The van der Waals surface area contributed by atoms with Crippen molar-refractivity contribution in [3.63, 3.8) is 0 Å². The predicted octanol–water partition coefficient (Wildman–Crippen LogP) is 9.79. The van der Waals surface area contributed by atoms with Crippen LogP contribution in [-0.4, -0.2) is 158 Å². The maximum Gasteiger partial charge on any atom is 0.449 e. The van der Waals surface area contributed by atoms with Crippen molar-refractivity contribution in [2.45, 2.75) is 12.4 Å². The number of imidazole rings is 3. The van der Waals surface area contributed by atoms with Crippen molar-refractivity contribution in [2.24, 2.45) is 0 Å². The monoisotopic (exact) mass is 1130 g/mol. The van der Waals surface area contributed by atoms with Gasteiger partial charge >= 0.3 is 18.3 Å². The Labute approximate surface area is 468 Å². The summed E-state index contributed by atoms with van der Waals surface area (Å²) in [4.78, 5) is 44.0. The van der Waals surface area contributed by atoms with Crippen LogP contribution >= 0.6 is 0 Å². The lowest BCUT2D eigenvalue weighted by Gasteiger charge is -2.36. The van der Waals surface area contributed by atoms with Gasteiger partial charge in [0, 0.05) is 111 Å². The first-order valence-electron chi connectivity index (χ1n) is 26.4. The summed E-state index contributed by atoms with van der Waals surface area (Å²) in [7, 11) is 7.87. The van der Waals surface area contributed by atoms with E-state index in [1.165, 1.54) is 0 Å². The number of carbonyl (C=O) groups is 1. The summed E-state index contributed by atoms with van der Waals surface area (Å²) in [5, 5.41) is 8.60. The standard InChI is InChI=1S/C29H30F3N7O.C20H23F3N6O.C9H11NO2/c1-37(2)20-11-9-19(10-12-20)27-33-21-5-3-7-23(25(21)35-27)39-15-13-38(14-16-39)17-18-40-24-8-4-6-22-26(24)36-28(34-22)29(30,31)32;21-20(22,23)19-26-14-4-2-6-16(18(14)27-19)30-12-11-28-7-9-29(10-8-28)15-5-1-3-13(24)17(15)25;1-10(2)8-5-3-7(4-6-8)9(11)12/h3-12H,13-18H2,1-2H3,(H,33,35)(H,34,36);1-6H,7-12,24-25H2,(H,26,27);3-6H,1-2H3,(H,11,12). The molecule has 0 atom stereocenters. The second kappa shape index (κ2) is 24.9. The smallest absolute Gasteiger partial charge is 0.449 e. The highest BCUT2D eigenvalue weighted by Gasteiger charge is 2.36. The minimum absolute atomic E-state index is 0.187. The summed E-state index contributed by atoms with van der Waals surface area (Å²) in [5.74, 6) is -1.40. The average Bonchev–Trinajstić information content (AvgIpc) is 4.42. The number of hydrogen-bond acceptors (Lipinski definition) is 14. The van der Waals surface area contributed by atoms with Crippen LogP contribution in [-0.2, 0) is 12.4 Å². The van der Waals surface area contributed by atoms with E-state index in [1.807, 2.05) is 45.2 Å². The SMILES string of the molecule is CN(C)c1ccc(-c2nc3c(N4CCN(CCOc5cccc6[nH]c(C(F)(F)F)nc56)CC4)cccc3[nH]2)cc1.CN(C)c1ccc(C(=O)O)cc1.Nc1cccc(N2CCN(CCOc3cccc4[nH]c(C(F)(F)F)nc34)CC2)c1N. The van der Waals surface area contributed by atoms with Crippen LogP contribution < -0.4 is 40.5 Å². The first-order valence-corrected chi connectivity index (χ1v) is 26.4. The molecule has 3 aromatic heterocycles. The number of hydrogen-bond donors (Lipinski definition) is 6. The van der Waals surface area contributed by atoms with Crippen molar-refractivity contribution >= 4 is 73.2 Å². The van der Waals surface area contributed by atoms with Crippen molar-refractivity contribution in [3.8, 4) is 22.9 Å². The van der Waals surface area contributed by atoms with E-state index in [2.05, 4.69) is 91.9 Å². The zero-order valence-electron chi connectivity index (χ0n) is 45.7. The Balaban J connectivity index is 0.000000169. The van der Waals surface area contributed by atoms with E-state index in [0.717, 1.165) is 97.5 Å². The highest BCUT2D eigenvalue weighted by Crippen LogP contribution is 2.35. The molecule has 2 saturated heterocycles. The van der Waals surface area contributed by atoms with Gasteiger partial charge in [0.2, 0.25) is 11.6 Å². The lowest BCUT2D eigenvalue weighted by molar-refractivity contribution is -0.144. The summed E-state index contributed by atoms with van der Waals surface area (Å²) in [6.45, 7) is 8.65. The van der Waals surface area contributed by atoms with Gasteiger partial charge in [-0.3, -0.25) is 9.80 Å². The Morgan fingerprint density at radius 1 is 0.549 bits per heavy atom. The molecule has 0 saturated carbocycles. The average molecular weight is 1140 g/mol. The quantitative estimate of drug-likeness (QED) is 0.0442. The number of fused-ring (bicyclic) bond motifs is 3. The summed E-state index contributed by atoms with van der Waals surface area (Å²) in [5.41, 5.74) is 21.6. The Bertz CT molecular complexity index is 3590. The largest absolute Gasteiger partial charge is 0.490 e. The normalized spacial score (nSPS) is 14.3. The molecule has 11 rings (SSSR count). The van der Waals surface area contributed by atoms with Crippen molar-refractivity contribution in [3.05, 3.63) is 139 Å². The molecule has 0 radical (unpaired) electrons. The molecule has 2 fully saturated rings. The number of aromatic carboxylic acids is 1. The number of halogens is 6. The molecular formula is C58H64F6N14O4. The first-order chi connectivity index (χ1) is 39.2. The number of piperazine rings is 2. The van der Waals surface area contributed by atoms with Gasteiger partial charge in [0.1, 0.15) is 47.1 Å². The van der Waals surface area contributed by atoms with Gasteiger partial charge in [-0.1, -0.05) is 24.3 Å². The maximum absolute atomic E-state index is 13.1. The highest BCUT2D eigenvalue weighted by atomic mass is 19.4. The van der Waals surface area contributed by atoms with E-state index in [9.17, 15) is 31.1 Å². The van der Waals surface area contributed by atoms with Crippen LogP contribution in [0, 0.1) is 0 Å². The molecule has 0 amide bonds. The summed E-state index contributed by atoms with van der Waals surface area (Å²) >= 11 is 0. The van der Waals surface area contributed by atoms with Crippen LogP contribution in [0.4, 0.5) is 60.5 Å². The third kappa shape index (κ3) is 13.8. The second-order valence-corrected chi connectivity index (χ2v) is 20.1. The van der Waals surface area contributed by atoms with Crippen molar-refractivity contribution in [2.75, 3.05) is 138 Å². The number of nitrogens with zero attached hydrogens (tertiary/aromatic N) is 9. The number of aromatic amines is 3. The number of nitrogens with two attached hydrogens (primary N) is 2. The summed E-state index contributed by atoms with van der Waals surface area (Å²) < 4.78 is 89.5. The Kier molecular flexibility index (Phi) is 17.5. The van der Waals surface area contributed by atoms with Gasteiger partial charge in [-0.25, -0.2) is 19.7 Å². The van der Waals surface area contributed by atoms with E-state index >= 15 is 0 Å². The molecule has 9 aromatic rings. The third-order valence-electron chi connectivity index (χ3n) is 14.1. The second-order valence-electron chi connectivity index (χ2n) is 20.1. The zero-order chi connectivity index (χ0) is 58.3.